The van der Waals surface area contributed by atoms with E-state index < -0.39 is 35.9 Å². The van der Waals surface area contributed by atoms with E-state index in [0.29, 0.717) is 45.8 Å². The molecule has 1 aliphatic heterocycles. The monoisotopic (exact) mass is 671 g/mol. The van der Waals surface area contributed by atoms with E-state index in [4.69, 9.17) is 40.5 Å². The van der Waals surface area contributed by atoms with Crippen LogP contribution < -0.4 is 33.2 Å². The lowest BCUT2D eigenvalue weighted by molar-refractivity contribution is -0.119. The Morgan fingerprint density at radius 1 is 1.15 bits per heavy atom. The van der Waals surface area contributed by atoms with E-state index in [1.54, 1.807) is 31.2 Å². The first-order valence-electron chi connectivity index (χ1n) is 14.0. The Bertz CT molecular complexity index is 1910. The molecule has 5 rings (SSSR count). The Balaban J connectivity index is 1.68. The van der Waals surface area contributed by atoms with Gasteiger partial charge in [0.05, 0.1) is 47.5 Å². The number of fused-ring (bicyclic) bond motifs is 4. The van der Waals surface area contributed by atoms with E-state index in [9.17, 15) is 23.2 Å². The van der Waals surface area contributed by atoms with Gasteiger partial charge in [0.15, 0.2) is 0 Å². The molecular formula is C30H29Cl2F2N9O3. The van der Waals surface area contributed by atoms with Crippen molar-refractivity contribution in [3.8, 4) is 22.5 Å². The second-order valence-corrected chi connectivity index (χ2v) is 11.6. The highest BCUT2D eigenvalue weighted by Gasteiger charge is 2.27. The lowest BCUT2D eigenvalue weighted by Gasteiger charge is -2.24. The van der Waals surface area contributed by atoms with Crippen molar-refractivity contribution in [2.45, 2.75) is 38.8 Å². The Hall–Kier alpha value is -4.79. The molecule has 0 fully saturated rings. The summed E-state index contributed by atoms with van der Waals surface area (Å²) in [5.74, 6) is 4.43. The second kappa shape index (κ2) is 13.3. The van der Waals surface area contributed by atoms with E-state index in [2.05, 4.69) is 15.4 Å². The molecule has 0 spiro atoms. The number of benzene rings is 2. The molecule has 12 nitrogen and oxygen atoms in total. The van der Waals surface area contributed by atoms with Gasteiger partial charge in [0.1, 0.15) is 5.16 Å². The largest absolute Gasteiger partial charge is 0.388 e. The zero-order valence-electron chi connectivity index (χ0n) is 24.3. The minimum Gasteiger partial charge on any atom is -0.388 e. The highest BCUT2D eigenvalue weighted by atomic mass is 35.5. The van der Waals surface area contributed by atoms with Gasteiger partial charge in [-0.2, -0.15) is 13.9 Å². The van der Waals surface area contributed by atoms with Crippen LogP contribution in [0.1, 0.15) is 54.7 Å². The minimum absolute atomic E-state index is 0.0121. The zero-order chi connectivity index (χ0) is 33.3. The fourth-order valence-corrected chi connectivity index (χ4v) is 5.69. The maximum absolute atomic E-state index is 14.1. The number of primary amides is 1. The normalized spacial score (nSPS) is 17.1. The summed E-state index contributed by atoms with van der Waals surface area (Å²) in [6.45, 7) is -1.34. The average molecular weight is 673 g/mol. The van der Waals surface area contributed by atoms with Crippen LogP contribution in [0, 0.1) is 5.92 Å². The highest BCUT2D eigenvalue weighted by molar-refractivity contribution is 6.31. The number of nitrogens with one attached hydrogen (secondary N) is 1. The van der Waals surface area contributed by atoms with Gasteiger partial charge in [0.2, 0.25) is 11.8 Å². The number of hydrazine groups is 1. The number of hydrogen-bond acceptors (Lipinski definition) is 8. The van der Waals surface area contributed by atoms with Crippen LogP contribution in [0.5, 0.6) is 0 Å². The summed E-state index contributed by atoms with van der Waals surface area (Å²) < 4.78 is 30.0. The molecule has 2 amide bonds. The third-order valence-corrected chi connectivity index (χ3v) is 7.98. The van der Waals surface area contributed by atoms with Gasteiger partial charge in [0, 0.05) is 33.7 Å². The van der Waals surface area contributed by atoms with Gasteiger partial charge < -0.3 is 16.8 Å². The molecule has 46 heavy (non-hydrogen) atoms. The van der Waals surface area contributed by atoms with Crippen LogP contribution in [0.4, 0.5) is 20.2 Å². The number of halogens is 4. The first kappa shape index (κ1) is 32.6. The molecule has 240 valence electrons. The average Bonchev–Trinajstić information content (AvgIpc) is 3.42. The number of rotatable bonds is 6. The van der Waals surface area contributed by atoms with Crippen molar-refractivity contribution in [3.63, 3.8) is 0 Å². The van der Waals surface area contributed by atoms with Gasteiger partial charge >= 0.3 is 6.55 Å². The van der Waals surface area contributed by atoms with Gasteiger partial charge in [-0.1, -0.05) is 36.5 Å². The van der Waals surface area contributed by atoms with Crippen LogP contribution in [0.3, 0.4) is 0 Å². The molecule has 16 heteroatoms. The first-order valence-corrected chi connectivity index (χ1v) is 14.8. The summed E-state index contributed by atoms with van der Waals surface area (Å²) in [6.07, 6.45) is 4.98. The van der Waals surface area contributed by atoms with Crippen LogP contribution in [-0.4, -0.2) is 31.1 Å². The van der Waals surface area contributed by atoms with Crippen molar-refractivity contribution in [3.05, 3.63) is 92.8 Å². The molecule has 2 bridgehead atoms. The number of nitrogens with zero attached hydrogens (tertiary/aromatic N) is 5. The van der Waals surface area contributed by atoms with Crippen LogP contribution >= 0.6 is 23.2 Å². The van der Waals surface area contributed by atoms with Gasteiger partial charge in [0.25, 0.3) is 5.56 Å². The molecule has 1 aliphatic rings. The minimum atomic E-state index is -3.06. The molecule has 0 saturated heterocycles. The number of alkyl halides is 2. The van der Waals surface area contributed by atoms with Crippen molar-refractivity contribution < 1.29 is 18.4 Å². The maximum Gasteiger partial charge on any atom is 0.333 e. The zero-order valence-corrected chi connectivity index (χ0v) is 25.8. The predicted octanol–water partition coefficient (Wildman–Crippen LogP) is 4.95. The van der Waals surface area contributed by atoms with Crippen molar-refractivity contribution >= 4 is 46.4 Å². The molecule has 2 aromatic carbocycles. The summed E-state index contributed by atoms with van der Waals surface area (Å²) in [7, 11) is 0. The molecule has 0 radical (unpaired) electrons. The summed E-state index contributed by atoms with van der Waals surface area (Å²) in [5, 5.41) is 7.91. The number of aromatic nitrogens is 4. The van der Waals surface area contributed by atoms with Gasteiger partial charge in [-0.15, -0.1) is 0 Å². The summed E-state index contributed by atoms with van der Waals surface area (Å²) >= 11 is 12.1. The van der Waals surface area contributed by atoms with Gasteiger partial charge in [-0.3, -0.25) is 24.0 Å². The van der Waals surface area contributed by atoms with Crippen LogP contribution in [-0.2, 0) is 4.79 Å². The second-order valence-electron chi connectivity index (χ2n) is 10.8. The molecule has 0 saturated carbocycles. The fourth-order valence-electron chi connectivity index (χ4n) is 5.42. The lowest BCUT2D eigenvalue weighted by atomic mass is 9.92. The number of carbonyl (C=O) groups excluding carboxylic acids is 2. The van der Waals surface area contributed by atoms with Crippen molar-refractivity contribution in [2.24, 2.45) is 23.2 Å². The molecule has 4 aromatic rings. The number of anilines is 2. The third-order valence-electron chi connectivity index (χ3n) is 7.65. The van der Waals surface area contributed by atoms with Crippen molar-refractivity contribution in [2.75, 3.05) is 10.3 Å². The fraction of sp³-hybridized carbons (Fsp3) is 0.233. The van der Waals surface area contributed by atoms with Gasteiger partial charge in [-0.25, -0.2) is 15.5 Å². The van der Waals surface area contributed by atoms with E-state index >= 15 is 0 Å². The van der Waals surface area contributed by atoms with E-state index in [0.717, 1.165) is 6.20 Å². The summed E-state index contributed by atoms with van der Waals surface area (Å²) in [4.78, 5) is 43.7. The predicted molar refractivity (Wildman–Crippen MR) is 171 cm³/mol. The number of hydrogen-bond donors (Lipinski definition) is 4. The van der Waals surface area contributed by atoms with Crippen molar-refractivity contribution in [1.29, 1.82) is 0 Å². The van der Waals surface area contributed by atoms with Gasteiger partial charge in [-0.05, 0) is 54.8 Å². The molecule has 2 aromatic heterocycles. The quantitative estimate of drug-likeness (QED) is 0.126. The Morgan fingerprint density at radius 2 is 1.91 bits per heavy atom. The topological polar surface area (TPSA) is 180 Å². The third kappa shape index (κ3) is 6.73. The van der Waals surface area contributed by atoms with Crippen LogP contribution in [0.15, 0.2) is 71.1 Å². The molecule has 2 unspecified atom stereocenters. The lowest BCUT2D eigenvalue weighted by Crippen LogP contribution is -2.28. The molecule has 7 N–H and O–H groups in total. The molecule has 3 heterocycles. The van der Waals surface area contributed by atoms with E-state index in [1.807, 2.05) is 0 Å². The Morgan fingerprint density at radius 3 is 2.59 bits per heavy atom. The highest BCUT2D eigenvalue weighted by Crippen LogP contribution is 2.37. The summed E-state index contributed by atoms with van der Waals surface area (Å²) in [5.41, 5.74) is 12.3. The Labute approximate surface area is 271 Å². The number of amides is 2. The molecule has 0 aliphatic carbocycles. The van der Waals surface area contributed by atoms with E-state index in [-0.39, 0.29) is 33.4 Å². The van der Waals surface area contributed by atoms with E-state index in [1.165, 1.54) is 40.3 Å². The van der Waals surface area contributed by atoms with Crippen LogP contribution in [0.25, 0.3) is 22.5 Å². The number of carbonyl (C=O) groups is 2. The summed E-state index contributed by atoms with van der Waals surface area (Å²) in [6, 6.07) is 9.78. The maximum atomic E-state index is 14.1. The first-order chi connectivity index (χ1) is 21.8. The molecular weight excluding hydrogens is 643 g/mol. The Kier molecular flexibility index (Phi) is 9.42. The number of nitrogens with two attached hydrogens (primary N) is 3. The van der Waals surface area contributed by atoms with Crippen molar-refractivity contribution in [1.82, 2.24) is 19.3 Å². The SMILES string of the molecule is CC1CCCC(n2cnc(-c3cc(Cl)ccc3N(N)/C=C(\N)Cl)cc2=O)c2cc(C(N)=O)cc(c2)-c2c(cnn2C(F)F)NC1=O. The molecule has 2 atom stereocenters. The smallest absolute Gasteiger partial charge is 0.333 e. The standard InChI is InChI=1S/C30H29Cl2F2N9O3/c1-15-3-2-4-23(41-14-38-21(11-26(41)44)20-10-19(31)5-6-24(20)42(37)13-25(32)35)16-7-17(9-18(8-16)28(36)45)27-22(40-29(15)46)12-39-43(27)30(33)34/h5-15,23,30H,2-4,35,37H2,1H3,(H2,36,45)(H,40,46)/b25-13-. The van der Waals surface area contributed by atoms with Crippen LogP contribution in [0.2, 0.25) is 5.02 Å².